The topological polar surface area (TPSA) is 21.3 Å². The van der Waals surface area contributed by atoms with E-state index in [9.17, 15) is 0 Å². The molecular formula is C5H10NOS. The number of methoxy groups -OCH3 is 1. The third kappa shape index (κ3) is 5.85. The van der Waals surface area contributed by atoms with Crippen molar-refractivity contribution in [2.75, 3.05) is 20.3 Å². The Morgan fingerprint density at radius 1 is 1.75 bits per heavy atom. The zero-order valence-electron chi connectivity index (χ0n) is 4.94. The van der Waals surface area contributed by atoms with Crippen LogP contribution in [0.5, 0.6) is 0 Å². The Balaban J connectivity index is 2.62. The van der Waals surface area contributed by atoms with Crippen LogP contribution in [0.4, 0.5) is 0 Å². The third-order valence-electron chi connectivity index (χ3n) is 0.722. The molecule has 47 valence electrons. The van der Waals surface area contributed by atoms with Crippen LogP contribution in [0, 0.1) is 0 Å². The normalized spacial score (nSPS) is 8.62. The Morgan fingerprint density at radius 3 is 3.00 bits per heavy atom. The molecule has 0 aromatic rings. The molecule has 0 saturated heterocycles. The van der Waals surface area contributed by atoms with Gasteiger partial charge in [-0.25, -0.2) is 0 Å². The number of thiocarbonyl (C=S) groups is 1. The lowest BCUT2D eigenvalue weighted by Crippen LogP contribution is -2.12. The zero-order valence-corrected chi connectivity index (χ0v) is 5.75. The van der Waals surface area contributed by atoms with Gasteiger partial charge in [0.15, 0.2) is 0 Å². The minimum atomic E-state index is 0.782. The average Bonchev–Trinajstić information content (AvgIpc) is 1.81. The van der Waals surface area contributed by atoms with Gasteiger partial charge in [0, 0.05) is 20.3 Å². The highest BCUT2D eigenvalue weighted by atomic mass is 32.1. The fourth-order valence-electron chi connectivity index (χ4n) is 0.356. The molecule has 0 fully saturated rings. The predicted molar refractivity (Wildman–Crippen MR) is 37.1 cm³/mol. The molecule has 0 heterocycles. The SMILES string of the molecule is COCCCN[C]=S. The van der Waals surface area contributed by atoms with Gasteiger partial charge in [0.25, 0.3) is 0 Å². The fourth-order valence-corrected chi connectivity index (χ4v) is 0.458. The molecule has 0 aliphatic carbocycles. The predicted octanol–water partition coefficient (Wildman–Crippen LogP) is 0.447. The minimum absolute atomic E-state index is 0.782. The van der Waals surface area contributed by atoms with Gasteiger partial charge in [-0.05, 0) is 6.42 Å². The molecule has 8 heavy (non-hydrogen) atoms. The summed E-state index contributed by atoms with van der Waals surface area (Å²) in [4.78, 5) is 0. The van der Waals surface area contributed by atoms with Gasteiger partial charge in [-0.1, -0.05) is 12.2 Å². The summed E-state index contributed by atoms with van der Waals surface area (Å²) >= 11 is 4.40. The van der Waals surface area contributed by atoms with E-state index in [1.807, 2.05) is 0 Å². The van der Waals surface area contributed by atoms with Crippen molar-refractivity contribution in [2.45, 2.75) is 6.42 Å². The molecule has 1 radical (unpaired) electrons. The molecule has 0 aromatic heterocycles. The lowest BCUT2D eigenvalue weighted by atomic mass is 10.5. The van der Waals surface area contributed by atoms with Crippen LogP contribution in [-0.4, -0.2) is 25.8 Å². The van der Waals surface area contributed by atoms with E-state index < -0.39 is 0 Å². The van der Waals surface area contributed by atoms with Crippen molar-refractivity contribution in [3.63, 3.8) is 0 Å². The molecular weight excluding hydrogens is 122 g/mol. The van der Waals surface area contributed by atoms with Crippen molar-refractivity contribution in [1.82, 2.24) is 5.32 Å². The Hall–Kier alpha value is -0.150. The average molecular weight is 132 g/mol. The summed E-state index contributed by atoms with van der Waals surface area (Å²) in [6.45, 7) is 1.64. The highest BCUT2D eigenvalue weighted by molar-refractivity contribution is 7.78. The van der Waals surface area contributed by atoms with E-state index in [1.54, 1.807) is 7.11 Å². The number of nitrogens with one attached hydrogen (secondary N) is 1. The van der Waals surface area contributed by atoms with Crippen molar-refractivity contribution in [3.05, 3.63) is 0 Å². The quantitative estimate of drug-likeness (QED) is 0.333. The summed E-state index contributed by atoms with van der Waals surface area (Å²) in [5.74, 6) is 0. The van der Waals surface area contributed by atoms with Gasteiger partial charge in [0.05, 0.1) is 0 Å². The first-order valence-corrected chi connectivity index (χ1v) is 2.91. The Bertz CT molecular complexity index is 58.4. The maximum Gasteiger partial charge on any atom is 0.134 e. The van der Waals surface area contributed by atoms with Crippen molar-refractivity contribution >= 4 is 17.7 Å². The summed E-state index contributed by atoms with van der Waals surface area (Å²) in [6, 6.07) is 0. The van der Waals surface area contributed by atoms with Gasteiger partial charge in [0.1, 0.15) is 5.49 Å². The molecule has 0 bridgehead atoms. The second kappa shape index (κ2) is 6.85. The van der Waals surface area contributed by atoms with Crippen LogP contribution in [0.2, 0.25) is 0 Å². The van der Waals surface area contributed by atoms with Crippen LogP contribution >= 0.6 is 12.2 Å². The van der Waals surface area contributed by atoms with Crippen LogP contribution in [0.3, 0.4) is 0 Å². The van der Waals surface area contributed by atoms with Crippen molar-refractivity contribution < 1.29 is 4.74 Å². The van der Waals surface area contributed by atoms with E-state index in [0.29, 0.717) is 0 Å². The maximum absolute atomic E-state index is 4.79. The van der Waals surface area contributed by atoms with E-state index in [0.717, 1.165) is 19.6 Å². The molecule has 3 heteroatoms. The molecule has 0 aromatic carbocycles. The van der Waals surface area contributed by atoms with Crippen LogP contribution in [-0.2, 0) is 4.74 Å². The summed E-state index contributed by atoms with van der Waals surface area (Å²) in [5, 5.41) is 2.77. The number of rotatable bonds is 5. The van der Waals surface area contributed by atoms with Crippen LogP contribution in [0.25, 0.3) is 0 Å². The molecule has 0 rings (SSSR count). The minimum Gasteiger partial charge on any atom is -0.385 e. The van der Waals surface area contributed by atoms with Crippen molar-refractivity contribution in [1.29, 1.82) is 0 Å². The zero-order chi connectivity index (χ0) is 6.24. The van der Waals surface area contributed by atoms with Gasteiger partial charge in [-0.15, -0.1) is 0 Å². The van der Waals surface area contributed by atoms with Gasteiger partial charge in [-0.2, -0.15) is 0 Å². The van der Waals surface area contributed by atoms with Gasteiger partial charge >= 0.3 is 0 Å². The molecule has 2 nitrogen and oxygen atoms in total. The maximum atomic E-state index is 4.79. The first kappa shape index (κ1) is 7.85. The molecule has 1 N–H and O–H groups in total. The van der Waals surface area contributed by atoms with Crippen molar-refractivity contribution in [2.24, 2.45) is 0 Å². The van der Waals surface area contributed by atoms with E-state index in [1.165, 1.54) is 0 Å². The fraction of sp³-hybridized carbons (Fsp3) is 0.800. The monoisotopic (exact) mass is 132 g/mol. The summed E-state index contributed by atoms with van der Waals surface area (Å²) in [7, 11) is 1.68. The molecule has 0 aliphatic heterocycles. The first-order valence-electron chi connectivity index (χ1n) is 2.50. The van der Waals surface area contributed by atoms with Gasteiger partial charge in [-0.3, -0.25) is 0 Å². The largest absolute Gasteiger partial charge is 0.385 e. The first-order chi connectivity index (χ1) is 3.91. The number of ether oxygens (including phenoxy) is 1. The third-order valence-corrected chi connectivity index (χ3v) is 0.867. The highest BCUT2D eigenvalue weighted by Gasteiger charge is 1.80. The van der Waals surface area contributed by atoms with Gasteiger partial charge < -0.3 is 10.1 Å². The number of hydrogen-bond acceptors (Lipinski definition) is 2. The lowest BCUT2D eigenvalue weighted by molar-refractivity contribution is 0.196. The summed E-state index contributed by atoms with van der Waals surface area (Å²) in [5.41, 5.74) is 2.40. The lowest BCUT2D eigenvalue weighted by Gasteiger charge is -1.95. The Kier molecular flexibility index (Phi) is 6.72. The molecule has 0 aliphatic rings. The molecule has 0 spiro atoms. The molecule has 0 amide bonds. The second-order valence-corrected chi connectivity index (χ2v) is 1.58. The Labute approximate surface area is 55.2 Å². The van der Waals surface area contributed by atoms with E-state index in [2.05, 4.69) is 23.0 Å². The van der Waals surface area contributed by atoms with Crippen LogP contribution in [0.1, 0.15) is 6.42 Å². The summed E-state index contributed by atoms with van der Waals surface area (Å²) in [6.07, 6.45) is 0.986. The highest BCUT2D eigenvalue weighted by Crippen LogP contribution is 1.74. The number of hydrogen-bond donors (Lipinski definition) is 1. The van der Waals surface area contributed by atoms with E-state index in [-0.39, 0.29) is 0 Å². The standard InChI is InChI=1S/C5H10NOS/c1-7-4-2-3-6-5-8/h2-4H2,1H3,(H,6,8). The second-order valence-electron chi connectivity index (χ2n) is 1.38. The van der Waals surface area contributed by atoms with E-state index >= 15 is 0 Å². The van der Waals surface area contributed by atoms with Gasteiger partial charge in [0.2, 0.25) is 0 Å². The molecule has 0 unspecified atom stereocenters. The van der Waals surface area contributed by atoms with Crippen molar-refractivity contribution in [3.8, 4) is 0 Å². The molecule has 0 saturated carbocycles. The Morgan fingerprint density at radius 2 is 2.50 bits per heavy atom. The smallest absolute Gasteiger partial charge is 0.134 e. The van der Waals surface area contributed by atoms with E-state index in [4.69, 9.17) is 4.74 Å². The van der Waals surface area contributed by atoms with Crippen LogP contribution < -0.4 is 5.32 Å². The van der Waals surface area contributed by atoms with Crippen LogP contribution in [0.15, 0.2) is 0 Å². The summed E-state index contributed by atoms with van der Waals surface area (Å²) < 4.78 is 4.79. The molecule has 0 atom stereocenters.